The molecule has 1 aromatic rings. The van der Waals surface area contributed by atoms with Gasteiger partial charge in [-0.3, -0.25) is 0 Å². The zero-order chi connectivity index (χ0) is 11.9. The molecule has 0 aliphatic heterocycles. The van der Waals surface area contributed by atoms with Crippen molar-refractivity contribution >= 4 is 6.08 Å². The third-order valence-corrected chi connectivity index (χ3v) is 3.17. The van der Waals surface area contributed by atoms with Crippen molar-refractivity contribution in [2.24, 2.45) is 4.99 Å². The van der Waals surface area contributed by atoms with E-state index in [1.807, 2.05) is 0 Å². The topological polar surface area (TPSA) is 29.4 Å². The molecule has 0 radical (unpaired) electrons. The Labute approximate surface area is 92.0 Å². The number of rotatable bonds is 2. The molecule has 0 saturated heterocycles. The van der Waals surface area contributed by atoms with Crippen molar-refractivity contribution in [1.82, 2.24) is 0 Å². The van der Waals surface area contributed by atoms with Crippen LogP contribution in [0.2, 0.25) is 0 Å². The minimum Gasteiger partial charge on any atom is -0.211 e. The second-order valence-corrected chi connectivity index (χ2v) is 4.20. The predicted octanol–water partition coefficient (Wildman–Crippen LogP) is 2.91. The van der Waals surface area contributed by atoms with Crippen molar-refractivity contribution in [3.63, 3.8) is 0 Å². The fourth-order valence-electron chi connectivity index (χ4n) is 2.17. The molecule has 0 aromatic heterocycles. The molecule has 1 aromatic carbocycles. The van der Waals surface area contributed by atoms with Crippen LogP contribution in [-0.2, 0) is 10.3 Å². The number of carbonyl (C=O) groups excluding carboxylic acids is 1. The molecule has 1 saturated carbocycles. The molecule has 0 atom stereocenters. The second kappa shape index (κ2) is 3.49. The summed E-state index contributed by atoms with van der Waals surface area (Å²) in [6.45, 7) is 3.16. The molecule has 1 fully saturated rings. The predicted molar refractivity (Wildman–Crippen MR) is 54.9 cm³/mol. The highest BCUT2D eigenvalue weighted by molar-refractivity contribution is 5.48. The van der Waals surface area contributed by atoms with Gasteiger partial charge < -0.3 is 0 Å². The first kappa shape index (κ1) is 11.0. The van der Waals surface area contributed by atoms with Gasteiger partial charge in [0, 0.05) is 6.07 Å². The molecule has 2 rings (SSSR count). The molecule has 0 amide bonds. The molecule has 0 unspecified atom stereocenters. The second-order valence-electron chi connectivity index (χ2n) is 4.20. The SMILES string of the molecule is Cc1c(F)cc(F)c(C)c1C1(N=C=O)CC1. The van der Waals surface area contributed by atoms with Crippen molar-refractivity contribution < 1.29 is 13.6 Å². The number of aliphatic imine (C=N–C) groups is 1. The van der Waals surface area contributed by atoms with E-state index in [-0.39, 0.29) is 0 Å². The fourth-order valence-corrected chi connectivity index (χ4v) is 2.17. The molecular formula is C12H11F2NO. The smallest absolute Gasteiger partial charge is 0.211 e. The highest BCUT2D eigenvalue weighted by Gasteiger charge is 2.47. The van der Waals surface area contributed by atoms with Crippen LogP contribution >= 0.6 is 0 Å². The van der Waals surface area contributed by atoms with E-state index in [9.17, 15) is 13.6 Å². The molecule has 0 spiro atoms. The van der Waals surface area contributed by atoms with E-state index < -0.39 is 17.2 Å². The summed E-state index contributed by atoms with van der Waals surface area (Å²) in [5.41, 5.74) is 0.526. The van der Waals surface area contributed by atoms with Crippen LogP contribution in [0.1, 0.15) is 29.5 Å². The molecule has 0 heterocycles. The maximum atomic E-state index is 13.4. The van der Waals surface area contributed by atoms with Crippen molar-refractivity contribution in [1.29, 1.82) is 0 Å². The van der Waals surface area contributed by atoms with E-state index in [1.165, 1.54) is 6.08 Å². The molecule has 0 bridgehead atoms. The molecule has 4 heteroatoms. The van der Waals surface area contributed by atoms with Crippen LogP contribution < -0.4 is 0 Å². The van der Waals surface area contributed by atoms with Gasteiger partial charge in [-0.1, -0.05) is 0 Å². The minimum absolute atomic E-state index is 0.371. The monoisotopic (exact) mass is 223 g/mol. The molecule has 2 nitrogen and oxygen atoms in total. The fraction of sp³-hybridized carbons (Fsp3) is 0.417. The Bertz CT molecular complexity index is 474. The van der Waals surface area contributed by atoms with Crippen LogP contribution in [-0.4, -0.2) is 6.08 Å². The number of benzene rings is 1. The number of isocyanates is 1. The Hall–Kier alpha value is -1.54. The maximum absolute atomic E-state index is 13.4. The first-order valence-corrected chi connectivity index (χ1v) is 5.06. The highest BCUT2D eigenvalue weighted by atomic mass is 19.1. The first-order valence-electron chi connectivity index (χ1n) is 5.06. The third-order valence-electron chi connectivity index (χ3n) is 3.17. The Balaban J connectivity index is 2.69. The zero-order valence-corrected chi connectivity index (χ0v) is 9.10. The number of nitrogens with zero attached hydrogens (tertiary/aromatic N) is 1. The van der Waals surface area contributed by atoms with Crippen LogP contribution in [0.25, 0.3) is 0 Å². The van der Waals surface area contributed by atoms with E-state index in [2.05, 4.69) is 4.99 Å². The van der Waals surface area contributed by atoms with Crippen molar-refractivity contribution in [3.8, 4) is 0 Å². The summed E-state index contributed by atoms with van der Waals surface area (Å²) >= 11 is 0. The summed E-state index contributed by atoms with van der Waals surface area (Å²) < 4.78 is 26.9. The summed E-state index contributed by atoms with van der Waals surface area (Å²) in [5.74, 6) is -1.18. The van der Waals surface area contributed by atoms with Crippen molar-refractivity contribution in [3.05, 3.63) is 34.4 Å². The Morgan fingerprint density at radius 2 is 1.75 bits per heavy atom. The molecule has 84 valence electrons. The van der Waals surface area contributed by atoms with Crippen molar-refractivity contribution in [2.45, 2.75) is 32.2 Å². The summed E-state index contributed by atoms with van der Waals surface area (Å²) in [6.07, 6.45) is 2.78. The highest BCUT2D eigenvalue weighted by Crippen LogP contribution is 2.52. The van der Waals surface area contributed by atoms with Crippen LogP contribution in [0.3, 0.4) is 0 Å². The molecular weight excluding hydrogens is 212 g/mol. The normalized spacial score (nSPS) is 16.8. The average Bonchev–Trinajstić information content (AvgIpc) is 2.97. The first-order chi connectivity index (χ1) is 7.52. The van der Waals surface area contributed by atoms with Crippen molar-refractivity contribution in [2.75, 3.05) is 0 Å². The number of hydrogen-bond acceptors (Lipinski definition) is 2. The largest absolute Gasteiger partial charge is 0.235 e. The zero-order valence-electron chi connectivity index (χ0n) is 9.10. The van der Waals surface area contributed by atoms with Gasteiger partial charge >= 0.3 is 0 Å². The van der Waals surface area contributed by atoms with Gasteiger partial charge in [0.05, 0.1) is 5.54 Å². The van der Waals surface area contributed by atoms with Crippen LogP contribution in [0.4, 0.5) is 8.78 Å². The third kappa shape index (κ3) is 1.46. The van der Waals surface area contributed by atoms with Gasteiger partial charge in [-0.05, 0) is 43.4 Å². The Morgan fingerprint density at radius 1 is 1.25 bits per heavy atom. The number of hydrogen-bond donors (Lipinski definition) is 0. The molecule has 0 N–H and O–H groups in total. The van der Waals surface area contributed by atoms with E-state index in [1.54, 1.807) is 13.8 Å². The Morgan fingerprint density at radius 3 is 2.12 bits per heavy atom. The summed E-state index contributed by atoms with van der Waals surface area (Å²) in [6, 6.07) is 0.870. The van der Waals surface area contributed by atoms with Gasteiger partial charge in [-0.2, -0.15) is 4.99 Å². The Kier molecular flexibility index (Phi) is 2.39. The van der Waals surface area contributed by atoms with Gasteiger partial charge in [0.15, 0.2) is 0 Å². The van der Waals surface area contributed by atoms with Gasteiger partial charge in [-0.15, -0.1) is 0 Å². The van der Waals surface area contributed by atoms with Crippen LogP contribution in [0, 0.1) is 25.5 Å². The quantitative estimate of drug-likeness (QED) is 0.560. The summed E-state index contributed by atoms with van der Waals surface area (Å²) in [5, 5.41) is 0. The lowest BCUT2D eigenvalue weighted by Gasteiger charge is -2.16. The van der Waals surface area contributed by atoms with Gasteiger partial charge in [0.1, 0.15) is 11.6 Å². The van der Waals surface area contributed by atoms with Gasteiger partial charge in [0.2, 0.25) is 6.08 Å². The van der Waals surface area contributed by atoms with E-state index in [0.29, 0.717) is 29.5 Å². The van der Waals surface area contributed by atoms with Crippen LogP contribution in [0.5, 0.6) is 0 Å². The lowest BCUT2D eigenvalue weighted by Crippen LogP contribution is -2.11. The maximum Gasteiger partial charge on any atom is 0.235 e. The van der Waals surface area contributed by atoms with E-state index in [4.69, 9.17) is 0 Å². The lowest BCUT2D eigenvalue weighted by molar-refractivity contribution is 0.545. The summed E-state index contributed by atoms with van der Waals surface area (Å²) in [4.78, 5) is 14.0. The summed E-state index contributed by atoms with van der Waals surface area (Å²) in [7, 11) is 0. The standard InChI is InChI=1S/C12H11F2NO/c1-7-9(13)5-10(14)8(2)11(7)12(3-4-12)15-6-16/h5H,3-4H2,1-2H3. The van der Waals surface area contributed by atoms with Gasteiger partial charge in [-0.25, -0.2) is 13.6 Å². The minimum atomic E-state index is -0.723. The van der Waals surface area contributed by atoms with E-state index in [0.717, 1.165) is 6.07 Å². The van der Waals surface area contributed by atoms with E-state index >= 15 is 0 Å². The molecule has 1 aliphatic carbocycles. The van der Waals surface area contributed by atoms with Gasteiger partial charge in [0.25, 0.3) is 0 Å². The van der Waals surface area contributed by atoms with Crippen LogP contribution in [0.15, 0.2) is 11.1 Å². The lowest BCUT2D eigenvalue weighted by atomic mass is 9.93. The average molecular weight is 223 g/mol. The molecule has 1 aliphatic rings. The number of halogens is 2. The molecule has 16 heavy (non-hydrogen) atoms.